The lowest BCUT2D eigenvalue weighted by Crippen LogP contribution is -2.15. The van der Waals surface area contributed by atoms with Crippen LogP contribution >= 0.6 is 0 Å². The quantitative estimate of drug-likeness (QED) is 0.529. The zero-order valence-corrected chi connectivity index (χ0v) is 14.9. The summed E-state index contributed by atoms with van der Waals surface area (Å²) in [6, 6.07) is 9.59. The van der Waals surface area contributed by atoms with Crippen molar-refractivity contribution < 1.29 is 9.47 Å². The number of nitrogen functional groups attached to an aromatic ring is 1. The Kier molecular flexibility index (Phi) is 5.09. The average molecular weight is 340 g/mol. The molecular formula is C19H24N4O2. The zero-order valence-electron chi connectivity index (χ0n) is 14.9. The molecule has 0 aliphatic rings. The number of hydrogen-bond acceptors (Lipinski definition) is 5. The number of aromatic nitrogens is 2. The lowest BCUT2D eigenvalue weighted by Gasteiger charge is -2.10. The molecule has 0 aliphatic heterocycles. The molecule has 0 amide bonds. The van der Waals surface area contributed by atoms with Crippen molar-refractivity contribution in [2.24, 2.45) is 0 Å². The summed E-state index contributed by atoms with van der Waals surface area (Å²) in [5.41, 5.74) is 9.20. The molecule has 0 saturated heterocycles. The van der Waals surface area contributed by atoms with E-state index in [0.717, 1.165) is 35.6 Å². The number of nitrogens with zero attached hydrogens (tertiary/aromatic N) is 3. The van der Waals surface area contributed by atoms with Gasteiger partial charge in [-0.25, -0.2) is 4.98 Å². The van der Waals surface area contributed by atoms with Crippen molar-refractivity contribution in [1.29, 1.82) is 0 Å². The topological polar surface area (TPSA) is 65.0 Å². The number of imidazole rings is 1. The van der Waals surface area contributed by atoms with Crippen LogP contribution in [-0.4, -0.2) is 48.6 Å². The second-order valence-electron chi connectivity index (χ2n) is 6.19. The molecule has 0 radical (unpaired) electrons. The van der Waals surface area contributed by atoms with E-state index in [1.807, 2.05) is 47.1 Å². The molecule has 3 rings (SSSR count). The molecule has 0 atom stereocenters. The SMILES string of the molecule is COc1ccc(-c2cn3cccc(OCCCN(C)C)c3n2)cc1N. The first-order valence-corrected chi connectivity index (χ1v) is 8.27. The van der Waals surface area contributed by atoms with Gasteiger partial charge in [0.05, 0.1) is 25.1 Å². The third-order valence-electron chi connectivity index (χ3n) is 3.98. The molecule has 0 spiro atoms. The predicted octanol–water partition coefficient (Wildman–Crippen LogP) is 2.92. The lowest BCUT2D eigenvalue weighted by atomic mass is 10.1. The number of hydrogen-bond donors (Lipinski definition) is 1. The fourth-order valence-corrected chi connectivity index (χ4v) is 2.70. The summed E-state index contributed by atoms with van der Waals surface area (Å²) in [6.07, 6.45) is 4.91. The van der Waals surface area contributed by atoms with Crippen LogP contribution < -0.4 is 15.2 Å². The molecule has 0 bridgehead atoms. The number of anilines is 1. The largest absolute Gasteiger partial charge is 0.495 e. The molecule has 2 N–H and O–H groups in total. The van der Waals surface area contributed by atoms with Crippen molar-refractivity contribution >= 4 is 11.3 Å². The third-order valence-corrected chi connectivity index (χ3v) is 3.98. The Morgan fingerprint density at radius 2 is 2.04 bits per heavy atom. The van der Waals surface area contributed by atoms with E-state index in [0.29, 0.717) is 18.0 Å². The van der Waals surface area contributed by atoms with Gasteiger partial charge in [0.15, 0.2) is 11.4 Å². The Labute approximate surface area is 147 Å². The molecule has 0 saturated carbocycles. The summed E-state index contributed by atoms with van der Waals surface area (Å²) in [5, 5.41) is 0. The number of fused-ring (bicyclic) bond motifs is 1. The van der Waals surface area contributed by atoms with Crippen molar-refractivity contribution in [3.05, 3.63) is 42.7 Å². The number of benzene rings is 1. The first-order chi connectivity index (χ1) is 12.1. The molecule has 2 heterocycles. The second-order valence-corrected chi connectivity index (χ2v) is 6.19. The Balaban J connectivity index is 1.84. The van der Waals surface area contributed by atoms with Crippen molar-refractivity contribution in [2.75, 3.05) is 40.1 Å². The molecule has 25 heavy (non-hydrogen) atoms. The molecular weight excluding hydrogens is 316 g/mol. The van der Waals surface area contributed by atoms with Crippen molar-refractivity contribution in [3.8, 4) is 22.8 Å². The van der Waals surface area contributed by atoms with E-state index in [4.69, 9.17) is 20.2 Å². The average Bonchev–Trinajstić information content (AvgIpc) is 3.03. The fourth-order valence-electron chi connectivity index (χ4n) is 2.70. The highest BCUT2D eigenvalue weighted by atomic mass is 16.5. The van der Waals surface area contributed by atoms with E-state index in [-0.39, 0.29) is 0 Å². The first-order valence-electron chi connectivity index (χ1n) is 8.27. The van der Waals surface area contributed by atoms with Gasteiger partial charge in [0, 0.05) is 24.5 Å². The fraction of sp³-hybridized carbons (Fsp3) is 0.316. The van der Waals surface area contributed by atoms with Gasteiger partial charge < -0.3 is 24.5 Å². The number of nitrogens with two attached hydrogens (primary N) is 1. The van der Waals surface area contributed by atoms with Crippen molar-refractivity contribution in [2.45, 2.75) is 6.42 Å². The van der Waals surface area contributed by atoms with E-state index in [2.05, 4.69) is 19.0 Å². The van der Waals surface area contributed by atoms with E-state index < -0.39 is 0 Å². The molecule has 0 fully saturated rings. The minimum Gasteiger partial charge on any atom is -0.495 e. The molecule has 0 aliphatic carbocycles. The molecule has 6 nitrogen and oxygen atoms in total. The Bertz CT molecular complexity index is 858. The van der Waals surface area contributed by atoms with Gasteiger partial charge in [-0.15, -0.1) is 0 Å². The van der Waals surface area contributed by atoms with Crippen molar-refractivity contribution in [1.82, 2.24) is 14.3 Å². The summed E-state index contributed by atoms with van der Waals surface area (Å²) < 4.78 is 13.1. The van der Waals surface area contributed by atoms with E-state index in [1.165, 1.54) is 0 Å². The van der Waals surface area contributed by atoms with Crippen LogP contribution in [0.4, 0.5) is 5.69 Å². The highest BCUT2D eigenvalue weighted by molar-refractivity contribution is 5.71. The molecule has 3 aromatic rings. The van der Waals surface area contributed by atoms with Crippen LogP contribution in [0.2, 0.25) is 0 Å². The summed E-state index contributed by atoms with van der Waals surface area (Å²) in [7, 11) is 5.72. The normalized spacial score (nSPS) is 11.2. The van der Waals surface area contributed by atoms with Crippen molar-refractivity contribution in [3.63, 3.8) is 0 Å². The molecule has 1 aromatic carbocycles. The van der Waals surface area contributed by atoms with E-state index in [1.54, 1.807) is 7.11 Å². The first kappa shape index (κ1) is 17.1. The minimum absolute atomic E-state index is 0.595. The van der Waals surface area contributed by atoms with Gasteiger partial charge in [0.2, 0.25) is 0 Å². The number of methoxy groups -OCH3 is 1. The summed E-state index contributed by atoms with van der Waals surface area (Å²) in [5.74, 6) is 1.45. The third kappa shape index (κ3) is 3.85. The minimum atomic E-state index is 0.595. The maximum atomic E-state index is 6.01. The monoisotopic (exact) mass is 340 g/mol. The maximum Gasteiger partial charge on any atom is 0.180 e. The van der Waals surface area contributed by atoms with Crippen LogP contribution in [0.25, 0.3) is 16.9 Å². The standard InChI is InChI=1S/C19H24N4O2/c1-22(2)9-5-11-25-18-6-4-10-23-13-16(21-19(18)23)14-7-8-17(24-3)15(20)12-14/h4,6-8,10,12-13H,5,9,11,20H2,1-3H3. The molecule has 132 valence electrons. The zero-order chi connectivity index (χ0) is 17.8. The Morgan fingerprint density at radius 3 is 2.76 bits per heavy atom. The Hall–Kier alpha value is -2.73. The van der Waals surface area contributed by atoms with Gasteiger partial charge in [-0.1, -0.05) is 0 Å². The van der Waals surface area contributed by atoms with E-state index >= 15 is 0 Å². The summed E-state index contributed by atoms with van der Waals surface area (Å²) >= 11 is 0. The van der Waals surface area contributed by atoms with Gasteiger partial charge in [-0.3, -0.25) is 0 Å². The van der Waals surface area contributed by atoms with Gasteiger partial charge in [-0.2, -0.15) is 0 Å². The smallest absolute Gasteiger partial charge is 0.180 e. The van der Waals surface area contributed by atoms with Gasteiger partial charge in [0.1, 0.15) is 5.75 Å². The van der Waals surface area contributed by atoms with Crippen LogP contribution in [0.1, 0.15) is 6.42 Å². The van der Waals surface area contributed by atoms with Gasteiger partial charge >= 0.3 is 0 Å². The van der Waals surface area contributed by atoms with Gasteiger partial charge in [0.25, 0.3) is 0 Å². The van der Waals surface area contributed by atoms with Crippen LogP contribution in [0.15, 0.2) is 42.7 Å². The maximum absolute atomic E-state index is 6.01. The van der Waals surface area contributed by atoms with Crippen LogP contribution in [0, 0.1) is 0 Å². The predicted molar refractivity (Wildman–Crippen MR) is 100 cm³/mol. The summed E-state index contributed by atoms with van der Waals surface area (Å²) in [4.78, 5) is 6.87. The Morgan fingerprint density at radius 1 is 1.20 bits per heavy atom. The number of pyridine rings is 1. The molecule has 2 aromatic heterocycles. The van der Waals surface area contributed by atoms with Crippen LogP contribution in [0.3, 0.4) is 0 Å². The van der Waals surface area contributed by atoms with Crippen LogP contribution in [-0.2, 0) is 0 Å². The highest BCUT2D eigenvalue weighted by Crippen LogP contribution is 2.29. The number of ether oxygens (including phenoxy) is 2. The molecule has 0 unspecified atom stereocenters. The highest BCUT2D eigenvalue weighted by Gasteiger charge is 2.10. The van der Waals surface area contributed by atoms with Gasteiger partial charge in [-0.05, 0) is 50.8 Å². The van der Waals surface area contributed by atoms with Crippen LogP contribution in [0.5, 0.6) is 11.5 Å². The van der Waals surface area contributed by atoms with E-state index in [9.17, 15) is 0 Å². The lowest BCUT2D eigenvalue weighted by molar-refractivity contribution is 0.283. The summed E-state index contributed by atoms with van der Waals surface area (Å²) in [6.45, 7) is 1.66. The number of rotatable bonds is 7. The second kappa shape index (κ2) is 7.44. The molecule has 6 heteroatoms.